The molecule has 1 aromatic heterocycles. The largest absolute Gasteiger partial charge is 0.378 e. The standard InChI is InChI=1S/C17H20N2O/c1-18-6-5-13-7-12(3-4-17(13)18)14-8-15-10-20-11-16(9-14)19(15)2/h3-8,15-16H,9-11H2,1-2H3. The van der Waals surface area contributed by atoms with Gasteiger partial charge in [-0.3, -0.25) is 4.90 Å². The first-order valence-electron chi connectivity index (χ1n) is 7.28. The number of ether oxygens (including phenoxy) is 1. The van der Waals surface area contributed by atoms with Gasteiger partial charge in [0.1, 0.15) is 0 Å². The predicted molar refractivity (Wildman–Crippen MR) is 81.7 cm³/mol. The van der Waals surface area contributed by atoms with Crippen LogP contribution in [0.2, 0.25) is 0 Å². The molecule has 0 spiro atoms. The first-order valence-corrected chi connectivity index (χ1v) is 7.28. The summed E-state index contributed by atoms with van der Waals surface area (Å²) in [7, 11) is 4.31. The summed E-state index contributed by atoms with van der Waals surface area (Å²) in [4.78, 5) is 2.45. The van der Waals surface area contributed by atoms with E-state index >= 15 is 0 Å². The summed E-state index contributed by atoms with van der Waals surface area (Å²) < 4.78 is 7.85. The first-order chi connectivity index (χ1) is 9.72. The van der Waals surface area contributed by atoms with Crippen LogP contribution in [0.4, 0.5) is 0 Å². The van der Waals surface area contributed by atoms with Crippen molar-refractivity contribution in [2.45, 2.75) is 18.5 Å². The molecule has 0 amide bonds. The third kappa shape index (κ3) is 1.81. The minimum absolute atomic E-state index is 0.434. The Bertz CT molecular complexity index is 685. The van der Waals surface area contributed by atoms with Crippen molar-refractivity contribution in [3.8, 4) is 0 Å². The van der Waals surface area contributed by atoms with Crippen molar-refractivity contribution in [3.05, 3.63) is 42.1 Å². The second kappa shape index (κ2) is 4.47. The number of aryl methyl sites for hydroxylation is 1. The molecule has 2 aliphatic heterocycles. The zero-order valence-electron chi connectivity index (χ0n) is 12.0. The fourth-order valence-electron chi connectivity index (χ4n) is 3.45. The van der Waals surface area contributed by atoms with E-state index in [0.29, 0.717) is 12.1 Å². The van der Waals surface area contributed by atoms with Crippen LogP contribution in [0.5, 0.6) is 0 Å². The number of morpholine rings is 1. The molecule has 2 unspecified atom stereocenters. The van der Waals surface area contributed by atoms with Gasteiger partial charge in [0.15, 0.2) is 0 Å². The lowest BCUT2D eigenvalue weighted by molar-refractivity contribution is -0.0221. The van der Waals surface area contributed by atoms with E-state index in [-0.39, 0.29) is 0 Å². The summed E-state index contributed by atoms with van der Waals surface area (Å²) in [5.74, 6) is 0. The number of hydrogen-bond donors (Lipinski definition) is 0. The Hall–Kier alpha value is -1.58. The van der Waals surface area contributed by atoms with Crippen molar-refractivity contribution >= 4 is 16.5 Å². The highest BCUT2D eigenvalue weighted by Crippen LogP contribution is 2.32. The maximum Gasteiger partial charge on any atom is 0.0658 e. The van der Waals surface area contributed by atoms with Gasteiger partial charge in [-0.2, -0.15) is 0 Å². The van der Waals surface area contributed by atoms with Gasteiger partial charge in [-0.25, -0.2) is 0 Å². The lowest BCUT2D eigenvalue weighted by Gasteiger charge is -2.42. The van der Waals surface area contributed by atoms with Gasteiger partial charge in [-0.15, -0.1) is 0 Å². The van der Waals surface area contributed by atoms with E-state index in [1.807, 2.05) is 0 Å². The van der Waals surface area contributed by atoms with Gasteiger partial charge in [0.05, 0.1) is 19.3 Å². The van der Waals surface area contributed by atoms with Crippen LogP contribution in [0.25, 0.3) is 16.5 Å². The summed E-state index contributed by atoms with van der Waals surface area (Å²) >= 11 is 0. The monoisotopic (exact) mass is 268 g/mol. The van der Waals surface area contributed by atoms with Crippen molar-refractivity contribution in [1.82, 2.24) is 9.47 Å². The van der Waals surface area contributed by atoms with E-state index in [0.717, 1.165) is 19.6 Å². The second-order valence-corrected chi connectivity index (χ2v) is 6.02. The smallest absolute Gasteiger partial charge is 0.0658 e. The minimum Gasteiger partial charge on any atom is -0.378 e. The van der Waals surface area contributed by atoms with E-state index in [9.17, 15) is 0 Å². The van der Waals surface area contributed by atoms with Crippen LogP contribution in [0.15, 0.2) is 36.5 Å². The number of nitrogens with zero attached hydrogens (tertiary/aromatic N) is 2. The molecule has 2 bridgehead atoms. The Kier molecular flexibility index (Phi) is 2.72. The van der Waals surface area contributed by atoms with Gasteiger partial charge in [-0.05, 0) is 42.8 Å². The van der Waals surface area contributed by atoms with E-state index in [2.05, 4.69) is 60.1 Å². The molecule has 0 aliphatic carbocycles. The lowest BCUT2D eigenvalue weighted by Crippen LogP contribution is -2.51. The first kappa shape index (κ1) is 12.2. The fraction of sp³-hybridized carbons (Fsp3) is 0.412. The number of benzene rings is 1. The van der Waals surface area contributed by atoms with E-state index in [4.69, 9.17) is 4.74 Å². The lowest BCUT2D eigenvalue weighted by atomic mass is 9.90. The highest BCUT2D eigenvalue weighted by Gasteiger charge is 2.32. The molecule has 1 saturated heterocycles. The number of likely N-dealkylation sites (N-methyl/N-ethyl adjacent to an activating group) is 1. The zero-order valence-corrected chi connectivity index (χ0v) is 12.0. The maximum atomic E-state index is 5.68. The maximum absolute atomic E-state index is 5.68. The van der Waals surface area contributed by atoms with Crippen LogP contribution >= 0.6 is 0 Å². The molecule has 3 nitrogen and oxygen atoms in total. The van der Waals surface area contributed by atoms with Gasteiger partial charge < -0.3 is 9.30 Å². The quantitative estimate of drug-likeness (QED) is 0.791. The third-order valence-corrected chi connectivity index (χ3v) is 4.80. The second-order valence-electron chi connectivity index (χ2n) is 6.02. The summed E-state index contributed by atoms with van der Waals surface area (Å²) in [6.45, 7) is 1.68. The number of aromatic nitrogens is 1. The molecule has 2 aliphatic rings. The molecule has 4 rings (SSSR count). The SMILES string of the molecule is CN1C2C=C(c3ccc4c(ccn4C)c3)CC1COC2. The van der Waals surface area contributed by atoms with Crippen LogP contribution < -0.4 is 0 Å². The summed E-state index contributed by atoms with van der Waals surface area (Å²) in [5, 5.41) is 1.33. The van der Waals surface area contributed by atoms with Crippen LogP contribution in [-0.4, -0.2) is 41.8 Å². The van der Waals surface area contributed by atoms with Gasteiger partial charge in [0.25, 0.3) is 0 Å². The zero-order chi connectivity index (χ0) is 13.7. The molecule has 104 valence electrons. The van der Waals surface area contributed by atoms with Crippen molar-refractivity contribution in [2.24, 2.45) is 7.05 Å². The topological polar surface area (TPSA) is 17.4 Å². The fourth-order valence-corrected chi connectivity index (χ4v) is 3.45. The molecular weight excluding hydrogens is 248 g/mol. The Morgan fingerprint density at radius 2 is 2.05 bits per heavy atom. The molecule has 0 saturated carbocycles. The van der Waals surface area contributed by atoms with Crippen molar-refractivity contribution in [2.75, 3.05) is 20.3 Å². The van der Waals surface area contributed by atoms with E-state index < -0.39 is 0 Å². The third-order valence-electron chi connectivity index (χ3n) is 4.80. The van der Waals surface area contributed by atoms with Crippen LogP contribution in [0.3, 0.4) is 0 Å². The van der Waals surface area contributed by atoms with Crippen molar-refractivity contribution in [1.29, 1.82) is 0 Å². The summed E-state index contributed by atoms with van der Waals surface area (Å²) in [5.41, 5.74) is 4.15. The summed E-state index contributed by atoms with van der Waals surface area (Å²) in [6.07, 6.45) is 5.60. The minimum atomic E-state index is 0.434. The van der Waals surface area contributed by atoms with E-state index in [1.54, 1.807) is 0 Å². The molecular formula is C17H20N2O. The Morgan fingerprint density at radius 1 is 1.15 bits per heavy atom. The molecule has 20 heavy (non-hydrogen) atoms. The van der Waals surface area contributed by atoms with Gasteiger partial charge >= 0.3 is 0 Å². The molecule has 1 aromatic carbocycles. The van der Waals surface area contributed by atoms with Crippen molar-refractivity contribution in [3.63, 3.8) is 0 Å². The molecule has 3 heterocycles. The van der Waals surface area contributed by atoms with Gasteiger partial charge in [0.2, 0.25) is 0 Å². The number of hydrogen-bond acceptors (Lipinski definition) is 2. The molecule has 2 aromatic rings. The molecule has 3 heteroatoms. The number of fused-ring (bicyclic) bond motifs is 3. The van der Waals surface area contributed by atoms with Crippen LogP contribution in [0.1, 0.15) is 12.0 Å². The van der Waals surface area contributed by atoms with Gasteiger partial charge in [0, 0.05) is 30.2 Å². The molecule has 2 atom stereocenters. The Labute approximate surface area is 119 Å². The molecule has 0 radical (unpaired) electrons. The normalized spacial score (nSPS) is 26.8. The summed E-state index contributed by atoms with van der Waals surface area (Å²) in [6, 6.07) is 9.97. The van der Waals surface area contributed by atoms with Crippen LogP contribution in [0, 0.1) is 0 Å². The van der Waals surface area contributed by atoms with Gasteiger partial charge in [-0.1, -0.05) is 12.1 Å². The van der Waals surface area contributed by atoms with Crippen LogP contribution in [-0.2, 0) is 11.8 Å². The van der Waals surface area contributed by atoms with E-state index in [1.165, 1.54) is 22.0 Å². The highest BCUT2D eigenvalue weighted by molar-refractivity contribution is 5.85. The highest BCUT2D eigenvalue weighted by atomic mass is 16.5. The average molecular weight is 268 g/mol. The Balaban J connectivity index is 1.75. The van der Waals surface area contributed by atoms with Crippen molar-refractivity contribution < 1.29 is 4.74 Å². The number of rotatable bonds is 1. The molecule has 0 N–H and O–H groups in total. The average Bonchev–Trinajstić information content (AvgIpc) is 2.80. The predicted octanol–water partition coefficient (Wildman–Crippen LogP) is 2.66. The Morgan fingerprint density at radius 3 is 2.90 bits per heavy atom. The molecule has 1 fully saturated rings.